The van der Waals surface area contributed by atoms with Crippen LogP contribution in [-0.2, 0) is 19.6 Å². The van der Waals surface area contributed by atoms with Crippen molar-refractivity contribution in [2.24, 2.45) is 5.92 Å². The van der Waals surface area contributed by atoms with Crippen molar-refractivity contribution in [2.45, 2.75) is 30.9 Å². The Labute approximate surface area is 195 Å². The maximum Gasteiger partial charge on any atom is 0.248 e. The third-order valence-electron chi connectivity index (χ3n) is 5.92. The average molecular weight is 477 g/mol. The number of hydrogen-bond acceptors (Lipinski definition) is 6. The van der Waals surface area contributed by atoms with Gasteiger partial charge in [0.15, 0.2) is 0 Å². The first-order valence-corrected chi connectivity index (χ1v) is 12.3. The molecule has 0 aliphatic carbocycles. The molecular weight excluding hydrogens is 444 g/mol. The lowest BCUT2D eigenvalue weighted by Gasteiger charge is -2.37. The third kappa shape index (κ3) is 5.55. The zero-order valence-electron chi connectivity index (χ0n) is 19.5. The lowest BCUT2D eigenvalue weighted by Crippen LogP contribution is -2.50. The standard InChI is InChI=1S/C24H32N2O6S/c1-17-13-26(18(2)15-27)33(29,30)23-11-10-20(19-8-6-5-7-9-19)12-21(23)32-22(17)14-25(3)24(28)16-31-4/h5-12,17-18,22,27H,13-16H2,1-4H3/t17-,18+,22-/m0/s1. The van der Waals surface area contributed by atoms with Crippen LogP contribution >= 0.6 is 0 Å². The maximum atomic E-state index is 13.5. The number of carbonyl (C=O) groups excluding carboxylic acids is 1. The van der Waals surface area contributed by atoms with Gasteiger partial charge in [0.1, 0.15) is 23.4 Å². The van der Waals surface area contributed by atoms with Crippen LogP contribution in [0.1, 0.15) is 13.8 Å². The van der Waals surface area contributed by atoms with Crippen LogP contribution in [0, 0.1) is 5.92 Å². The molecule has 1 aliphatic heterocycles. The van der Waals surface area contributed by atoms with E-state index in [9.17, 15) is 18.3 Å². The van der Waals surface area contributed by atoms with Gasteiger partial charge in [0.25, 0.3) is 0 Å². The number of likely N-dealkylation sites (N-methyl/N-ethyl adjacent to an activating group) is 1. The van der Waals surface area contributed by atoms with Gasteiger partial charge in [-0.15, -0.1) is 0 Å². The van der Waals surface area contributed by atoms with Crippen LogP contribution in [0.3, 0.4) is 0 Å². The van der Waals surface area contributed by atoms with E-state index in [1.54, 1.807) is 32.2 Å². The average Bonchev–Trinajstić information content (AvgIpc) is 2.81. The molecule has 0 saturated carbocycles. The summed E-state index contributed by atoms with van der Waals surface area (Å²) in [5.41, 5.74) is 1.75. The van der Waals surface area contributed by atoms with Crippen LogP contribution in [-0.4, -0.2) is 81.2 Å². The summed E-state index contributed by atoms with van der Waals surface area (Å²) in [6, 6.07) is 14.1. The zero-order chi connectivity index (χ0) is 24.2. The molecule has 2 aromatic rings. The Morgan fingerprint density at radius 1 is 1.24 bits per heavy atom. The van der Waals surface area contributed by atoms with Crippen molar-refractivity contribution >= 4 is 15.9 Å². The molecule has 1 heterocycles. The summed E-state index contributed by atoms with van der Waals surface area (Å²) in [6.07, 6.45) is -0.468. The van der Waals surface area contributed by atoms with Crippen LogP contribution in [0.5, 0.6) is 5.75 Å². The van der Waals surface area contributed by atoms with Gasteiger partial charge in [-0.05, 0) is 30.2 Å². The number of rotatable bonds is 7. The second-order valence-electron chi connectivity index (χ2n) is 8.47. The molecule has 0 unspecified atom stereocenters. The number of aliphatic hydroxyl groups is 1. The molecule has 3 rings (SSSR count). The number of hydrogen-bond donors (Lipinski definition) is 1. The zero-order valence-corrected chi connectivity index (χ0v) is 20.3. The summed E-state index contributed by atoms with van der Waals surface area (Å²) >= 11 is 0. The molecule has 0 aromatic heterocycles. The molecule has 1 N–H and O–H groups in total. The van der Waals surface area contributed by atoms with E-state index in [1.807, 2.05) is 37.3 Å². The predicted molar refractivity (Wildman–Crippen MR) is 125 cm³/mol. The Bertz CT molecular complexity index is 1060. The number of amides is 1. The van der Waals surface area contributed by atoms with Crippen molar-refractivity contribution in [3.63, 3.8) is 0 Å². The third-order valence-corrected chi connectivity index (χ3v) is 7.94. The largest absolute Gasteiger partial charge is 0.487 e. The lowest BCUT2D eigenvalue weighted by atomic mass is 10.0. The SMILES string of the molecule is COCC(=O)N(C)C[C@@H]1Oc2cc(-c3ccccc3)ccc2S(=O)(=O)N([C@H](C)CO)C[C@@H]1C. The molecule has 2 aromatic carbocycles. The first kappa shape index (κ1) is 25.2. The highest BCUT2D eigenvalue weighted by Gasteiger charge is 2.38. The van der Waals surface area contributed by atoms with Crippen LogP contribution in [0.2, 0.25) is 0 Å². The van der Waals surface area contributed by atoms with Crippen molar-refractivity contribution in [1.82, 2.24) is 9.21 Å². The highest BCUT2D eigenvalue weighted by Crippen LogP contribution is 2.36. The van der Waals surface area contributed by atoms with Crippen LogP contribution in [0.15, 0.2) is 53.4 Å². The smallest absolute Gasteiger partial charge is 0.248 e. The highest BCUT2D eigenvalue weighted by molar-refractivity contribution is 7.89. The summed E-state index contributed by atoms with van der Waals surface area (Å²) < 4.78 is 39.7. The minimum Gasteiger partial charge on any atom is -0.487 e. The predicted octanol–water partition coefficient (Wildman–Crippen LogP) is 2.23. The molecule has 0 saturated heterocycles. The topological polar surface area (TPSA) is 96.4 Å². The normalized spacial score (nSPS) is 21.2. The number of sulfonamides is 1. The number of fused-ring (bicyclic) bond motifs is 1. The fourth-order valence-electron chi connectivity index (χ4n) is 3.86. The van der Waals surface area contributed by atoms with Crippen molar-refractivity contribution in [3.8, 4) is 16.9 Å². The van der Waals surface area contributed by atoms with Crippen molar-refractivity contribution in [2.75, 3.05) is 40.5 Å². The summed E-state index contributed by atoms with van der Waals surface area (Å²) in [6.45, 7) is 3.63. The summed E-state index contributed by atoms with van der Waals surface area (Å²) in [5, 5.41) is 9.75. The summed E-state index contributed by atoms with van der Waals surface area (Å²) in [7, 11) is -0.787. The minimum atomic E-state index is -3.91. The number of carbonyl (C=O) groups is 1. The van der Waals surface area contributed by atoms with Crippen LogP contribution in [0.4, 0.5) is 0 Å². The fraction of sp³-hybridized carbons (Fsp3) is 0.458. The van der Waals surface area contributed by atoms with Gasteiger partial charge in [0.2, 0.25) is 15.9 Å². The first-order chi connectivity index (χ1) is 15.7. The number of benzene rings is 2. The van der Waals surface area contributed by atoms with Crippen LogP contribution < -0.4 is 4.74 Å². The summed E-state index contributed by atoms with van der Waals surface area (Å²) in [4.78, 5) is 13.9. The molecule has 0 radical (unpaired) electrons. The van der Waals surface area contributed by atoms with E-state index in [4.69, 9.17) is 9.47 Å². The van der Waals surface area contributed by atoms with Crippen molar-refractivity contribution < 1.29 is 27.8 Å². The molecule has 8 nitrogen and oxygen atoms in total. The maximum absolute atomic E-state index is 13.5. The molecule has 9 heteroatoms. The Hall–Kier alpha value is -2.46. The van der Waals surface area contributed by atoms with Gasteiger partial charge in [-0.2, -0.15) is 4.31 Å². The molecule has 1 aliphatic rings. The number of methoxy groups -OCH3 is 1. The Balaban J connectivity index is 2.08. The van der Waals surface area contributed by atoms with Gasteiger partial charge in [-0.3, -0.25) is 4.79 Å². The van der Waals surface area contributed by atoms with E-state index in [0.717, 1.165) is 11.1 Å². The quantitative estimate of drug-likeness (QED) is 0.658. The fourth-order valence-corrected chi connectivity index (χ4v) is 5.68. The minimum absolute atomic E-state index is 0.0465. The second-order valence-corrected chi connectivity index (χ2v) is 10.3. The van der Waals surface area contributed by atoms with Crippen molar-refractivity contribution in [1.29, 1.82) is 0 Å². The van der Waals surface area contributed by atoms with Gasteiger partial charge in [-0.25, -0.2) is 8.42 Å². The van der Waals surface area contributed by atoms with E-state index in [1.165, 1.54) is 16.3 Å². The van der Waals surface area contributed by atoms with E-state index in [-0.39, 0.29) is 48.8 Å². The second kappa shape index (κ2) is 10.6. The number of aliphatic hydroxyl groups excluding tert-OH is 1. The van der Waals surface area contributed by atoms with Gasteiger partial charge >= 0.3 is 0 Å². The lowest BCUT2D eigenvalue weighted by molar-refractivity contribution is -0.135. The van der Waals surface area contributed by atoms with Gasteiger partial charge in [-0.1, -0.05) is 43.3 Å². The number of ether oxygens (including phenoxy) is 2. The molecule has 0 fully saturated rings. The highest BCUT2D eigenvalue weighted by atomic mass is 32.2. The molecule has 0 bridgehead atoms. The van der Waals surface area contributed by atoms with E-state index < -0.39 is 22.2 Å². The first-order valence-electron chi connectivity index (χ1n) is 10.9. The Morgan fingerprint density at radius 2 is 1.94 bits per heavy atom. The molecule has 0 spiro atoms. The molecule has 3 atom stereocenters. The van der Waals surface area contributed by atoms with Gasteiger partial charge in [0, 0.05) is 32.7 Å². The van der Waals surface area contributed by atoms with E-state index in [0.29, 0.717) is 0 Å². The van der Waals surface area contributed by atoms with E-state index >= 15 is 0 Å². The number of nitrogens with zero attached hydrogens (tertiary/aromatic N) is 2. The van der Waals surface area contributed by atoms with Gasteiger partial charge < -0.3 is 19.5 Å². The van der Waals surface area contributed by atoms with E-state index in [2.05, 4.69) is 0 Å². The Kier molecular flexibility index (Phi) is 8.12. The molecule has 33 heavy (non-hydrogen) atoms. The Morgan fingerprint density at radius 3 is 2.58 bits per heavy atom. The molecule has 1 amide bonds. The van der Waals surface area contributed by atoms with Crippen molar-refractivity contribution in [3.05, 3.63) is 48.5 Å². The van der Waals surface area contributed by atoms with Gasteiger partial charge in [0.05, 0.1) is 13.2 Å². The molecule has 180 valence electrons. The monoisotopic (exact) mass is 476 g/mol. The summed E-state index contributed by atoms with van der Waals surface area (Å²) in [5.74, 6) is -0.211. The molecular formula is C24H32N2O6S. The van der Waals surface area contributed by atoms with Crippen LogP contribution in [0.25, 0.3) is 11.1 Å².